The van der Waals surface area contributed by atoms with E-state index < -0.39 is 35.3 Å². The van der Waals surface area contributed by atoms with Crippen molar-refractivity contribution in [1.82, 2.24) is 10.2 Å². The van der Waals surface area contributed by atoms with Crippen LogP contribution in [-0.4, -0.2) is 73.6 Å². The Kier molecular flexibility index (Phi) is 11.1. The summed E-state index contributed by atoms with van der Waals surface area (Å²) in [6, 6.07) is 7.17. The van der Waals surface area contributed by atoms with Crippen LogP contribution in [0.5, 0.6) is 0 Å². The number of nitrogens with two attached hydrogens (primary N) is 1. The van der Waals surface area contributed by atoms with Crippen LogP contribution in [-0.2, 0) is 25.7 Å². The standard InChI is InChI=1S/C27H28Cl2N4O6S3/c1-14-9-17(6-8-32(14)7-2-3-19(30)26(36)37)40-11-15-12-42-25-22(24(35)33(25)23(15)27(38)39)31-21(34)13-41-20-10-16(28)4-5-18(20)29/h4-6,8-10,19,22,25H,2-3,7,11-13,30H2,1H3,(H2-,31,34,36,37,38,39)/p+1/t19-,22-,25+/m0/s1. The van der Waals surface area contributed by atoms with Crippen molar-refractivity contribution in [2.45, 2.75) is 53.6 Å². The number of halogens is 2. The van der Waals surface area contributed by atoms with Crippen LogP contribution in [0, 0.1) is 6.92 Å². The molecule has 2 aliphatic heterocycles. The monoisotopic (exact) mass is 671 g/mol. The van der Waals surface area contributed by atoms with E-state index >= 15 is 0 Å². The normalized spacial score (nSPS) is 18.8. The fraction of sp³-hybridized carbons (Fsp3) is 0.370. The Bertz CT molecular complexity index is 1440. The summed E-state index contributed by atoms with van der Waals surface area (Å²) in [7, 11) is 0. The molecule has 15 heteroatoms. The highest BCUT2D eigenvalue weighted by Crippen LogP contribution is 2.41. The first kappa shape index (κ1) is 32.5. The molecule has 42 heavy (non-hydrogen) atoms. The predicted molar refractivity (Wildman–Crippen MR) is 164 cm³/mol. The minimum atomic E-state index is -1.18. The van der Waals surface area contributed by atoms with Crippen LogP contribution in [0.1, 0.15) is 18.5 Å². The molecule has 0 saturated carbocycles. The van der Waals surface area contributed by atoms with E-state index in [1.165, 1.54) is 40.2 Å². The van der Waals surface area contributed by atoms with Crippen molar-refractivity contribution in [3.05, 3.63) is 63.5 Å². The Morgan fingerprint density at radius 2 is 1.98 bits per heavy atom. The molecule has 224 valence electrons. The predicted octanol–water partition coefficient (Wildman–Crippen LogP) is 3.40. The van der Waals surface area contributed by atoms with Crippen molar-refractivity contribution < 1.29 is 34.0 Å². The third kappa shape index (κ3) is 7.74. The number of aliphatic carboxylic acids is 2. The lowest BCUT2D eigenvalue weighted by Crippen LogP contribution is -2.70. The van der Waals surface area contributed by atoms with Gasteiger partial charge in [0.1, 0.15) is 29.7 Å². The molecule has 4 rings (SSSR count). The van der Waals surface area contributed by atoms with Crippen LogP contribution in [0.3, 0.4) is 0 Å². The second kappa shape index (κ2) is 14.4. The number of hydrogen-bond donors (Lipinski definition) is 4. The van der Waals surface area contributed by atoms with Gasteiger partial charge in [0.2, 0.25) is 5.91 Å². The van der Waals surface area contributed by atoms with Gasteiger partial charge in [-0.3, -0.25) is 19.3 Å². The summed E-state index contributed by atoms with van der Waals surface area (Å²) in [5.41, 5.74) is 7.15. The van der Waals surface area contributed by atoms with Gasteiger partial charge < -0.3 is 21.3 Å². The molecule has 2 amide bonds. The second-order valence-electron chi connectivity index (χ2n) is 9.65. The van der Waals surface area contributed by atoms with Gasteiger partial charge in [0.05, 0.1) is 10.8 Å². The second-order valence-corrected chi connectivity index (χ2v) is 13.7. The zero-order chi connectivity index (χ0) is 30.6. The number of carbonyl (C=O) groups excluding carboxylic acids is 2. The van der Waals surface area contributed by atoms with Gasteiger partial charge in [-0.25, -0.2) is 9.36 Å². The van der Waals surface area contributed by atoms with E-state index in [1.54, 1.807) is 18.2 Å². The molecule has 2 aromatic rings. The number of pyridine rings is 1. The molecule has 0 radical (unpaired) electrons. The summed E-state index contributed by atoms with van der Waals surface area (Å²) in [4.78, 5) is 51.6. The number of carbonyl (C=O) groups is 4. The van der Waals surface area contributed by atoms with Gasteiger partial charge in [-0.05, 0) is 30.2 Å². The van der Waals surface area contributed by atoms with Crippen LogP contribution in [0.2, 0.25) is 10.0 Å². The van der Waals surface area contributed by atoms with Crippen LogP contribution in [0.15, 0.2) is 57.6 Å². The SMILES string of the molecule is Cc1cc(SCC2=C(C(=O)O)N3C(=O)[C@H](NC(=O)CSc4cc(Cl)ccc4Cl)[C@H]3SC2)cc[n+]1CCC[C@H](N)C(=O)O. The number of aromatic nitrogens is 1. The van der Waals surface area contributed by atoms with Crippen molar-refractivity contribution in [3.63, 3.8) is 0 Å². The molecule has 1 saturated heterocycles. The highest BCUT2D eigenvalue weighted by atomic mass is 35.5. The lowest BCUT2D eigenvalue weighted by atomic mass is 10.0. The van der Waals surface area contributed by atoms with Gasteiger partial charge in [0.15, 0.2) is 11.9 Å². The fourth-order valence-electron chi connectivity index (χ4n) is 4.47. The topological polar surface area (TPSA) is 154 Å². The number of carboxylic acids is 2. The maximum atomic E-state index is 13.0. The number of β-lactam (4-membered cyclic amide) rings is 1. The lowest BCUT2D eigenvalue weighted by molar-refractivity contribution is -0.703. The first-order valence-electron chi connectivity index (χ1n) is 12.8. The molecular formula is C27H29Cl2N4O6S3+. The number of benzene rings is 1. The molecule has 10 nitrogen and oxygen atoms in total. The van der Waals surface area contributed by atoms with Gasteiger partial charge in [-0.1, -0.05) is 23.2 Å². The Hall–Kier alpha value is -2.42. The Labute approximate surface area is 265 Å². The lowest BCUT2D eigenvalue weighted by Gasteiger charge is -2.49. The Morgan fingerprint density at radius 3 is 2.67 bits per heavy atom. The molecule has 1 aromatic heterocycles. The zero-order valence-corrected chi connectivity index (χ0v) is 26.4. The minimum Gasteiger partial charge on any atom is -0.480 e. The largest absolute Gasteiger partial charge is 0.480 e. The summed E-state index contributed by atoms with van der Waals surface area (Å²) < 4.78 is 2.01. The van der Waals surface area contributed by atoms with Gasteiger partial charge in [0.25, 0.3) is 5.91 Å². The smallest absolute Gasteiger partial charge is 0.352 e. The van der Waals surface area contributed by atoms with Gasteiger partial charge in [0, 0.05) is 51.8 Å². The number of amides is 2. The van der Waals surface area contributed by atoms with Crippen LogP contribution in [0.4, 0.5) is 0 Å². The molecule has 1 aromatic carbocycles. The first-order valence-corrected chi connectivity index (χ1v) is 16.6. The van der Waals surface area contributed by atoms with Crippen LogP contribution >= 0.6 is 58.5 Å². The molecule has 2 aliphatic rings. The van der Waals surface area contributed by atoms with Crippen molar-refractivity contribution >= 4 is 82.2 Å². The van der Waals surface area contributed by atoms with E-state index in [0.29, 0.717) is 51.4 Å². The van der Waals surface area contributed by atoms with Gasteiger partial charge in [-0.2, -0.15) is 0 Å². The zero-order valence-electron chi connectivity index (χ0n) is 22.4. The molecule has 0 aliphatic carbocycles. The third-order valence-electron chi connectivity index (χ3n) is 6.69. The number of hydrogen-bond acceptors (Lipinski definition) is 8. The molecule has 5 N–H and O–H groups in total. The van der Waals surface area contributed by atoms with Crippen molar-refractivity contribution in [2.24, 2.45) is 5.73 Å². The van der Waals surface area contributed by atoms with E-state index in [0.717, 1.165) is 10.6 Å². The van der Waals surface area contributed by atoms with E-state index in [9.17, 15) is 24.3 Å². The van der Waals surface area contributed by atoms with E-state index in [1.807, 2.05) is 29.8 Å². The molecule has 1 fully saturated rings. The maximum Gasteiger partial charge on any atom is 0.352 e. The summed E-state index contributed by atoms with van der Waals surface area (Å²) in [5.74, 6) is -2.18. The summed E-state index contributed by atoms with van der Waals surface area (Å²) in [5, 5.41) is 22.1. The summed E-state index contributed by atoms with van der Waals surface area (Å²) in [6.45, 7) is 2.57. The molecular weight excluding hydrogens is 643 g/mol. The number of nitrogens with one attached hydrogen (secondary N) is 1. The summed E-state index contributed by atoms with van der Waals surface area (Å²) in [6.07, 6.45) is 2.91. The van der Waals surface area contributed by atoms with E-state index in [-0.39, 0.29) is 17.4 Å². The van der Waals surface area contributed by atoms with E-state index in [4.69, 9.17) is 34.0 Å². The van der Waals surface area contributed by atoms with Crippen molar-refractivity contribution in [1.29, 1.82) is 0 Å². The van der Waals surface area contributed by atoms with Crippen LogP contribution < -0.4 is 15.6 Å². The number of aryl methyl sites for hydroxylation is 2. The molecule has 0 bridgehead atoms. The first-order chi connectivity index (χ1) is 20.0. The average Bonchev–Trinajstić information content (AvgIpc) is 2.95. The number of thioether (sulfide) groups is 3. The highest BCUT2D eigenvalue weighted by molar-refractivity contribution is 8.01. The average molecular weight is 673 g/mol. The van der Waals surface area contributed by atoms with Crippen molar-refractivity contribution in [2.75, 3.05) is 17.3 Å². The Balaban J connectivity index is 1.34. The maximum absolute atomic E-state index is 13.0. The molecule has 3 heterocycles. The molecule has 3 atom stereocenters. The number of nitrogens with zero attached hydrogens (tertiary/aromatic N) is 2. The quantitative estimate of drug-likeness (QED) is 0.142. The molecule has 0 spiro atoms. The number of carboxylic acid groups (broad SMARTS) is 2. The fourth-order valence-corrected chi connectivity index (χ4v) is 8.24. The third-order valence-corrected chi connectivity index (χ3v) is 10.8. The number of fused-ring (bicyclic) bond motifs is 1. The summed E-state index contributed by atoms with van der Waals surface area (Å²) >= 11 is 16.3. The van der Waals surface area contributed by atoms with Crippen LogP contribution in [0.25, 0.3) is 0 Å². The highest BCUT2D eigenvalue weighted by Gasteiger charge is 2.54. The number of rotatable bonds is 13. The van der Waals surface area contributed by atoms with Crippen molar-refractivity contribution in [3.8, 4) is 0 Å². The molecule has 0 unspecified atom stereocenters. The minimum absolute atomic E-state index is 0.0249. The van der Waals surface area contributed by atoms with E-state index in [2.05, 4.69) is 5.32 Å². The van der Waals surface area contributed by atoms with Gasteiger partial charge in [-0.15, -0.1) is 35.3 Å². The Morgan fingerprint density at radius 1 is 1.21 bits per heavy atom. The van der Waals surface area contributed by atoms with Gasteiger partial charge >= 0.3 is 11.9 Å².